The molecule has 9 heteroatoms. The summed E-state index contributed by atoms with van der Waals surface area (Å²) in [7, 11) is -7.35. The van der Waals surface area contributed by atoms with Crippen LogP contribution in [0.3, 0.4) is 0 Å². The van der Waals surface area contributed by atoms with Crippen molar-refractivity contribution in [1.29, 1.82) is 0 Å². The van der Waals surface area contributed by atoms with Crippen molar-refractivity contribution in [1.82, 2.24) is 0 Å². The molecule has 0 radical (unpaired) electrons. The van der Waals surface area contributed by atoms with Gasteiger partial charge in [-0.3, -0.25) is 0 Å². The number of hydrogen-bond acceptors (Lipinski definition) is 5. The van der Waals surface area contributed by atoms with Crippen LogP contribution in [0.25, 0.3) is 0 Å². The third kappa shape index (κ3) is 12.9. The van der Waals surface area contributed by atoms with E-state index in [1.54, 1.807) is 6.92 Å². The molecule has 5 nitrogen and oxygen atoms in total. The van der Waals surface area contributed by atoms with Gasteiger partial charge in [0.2, 0.25) is 0 Å². The first kappa shape index (κ1) is 25.0. The summed E-state index contributed by atoms with van der Waals surface area (Å²) >= 11 is 0. The van der Waals surface area contributed by atoms with Crippen molar-refractivity contribution in [2.24, 2.45) is 0 Å². The SMILES string of the molecule is C=C(C)C(=O)OCCC[Si](OC[SiH](C)C)(O[Si](C)(C)C)O[Si](C)(C)C. The fourth-order valence-electron chi connectivity index (χ4n) is 2.06. The van der Waals surface area contributed by atoms with Gasteiger partial charge < -0.3 is 17.4 Å². The molecule has 0 saturated heterocycles. The van der Waals surface area contributed by atoms with Crippen LogP contribution in [-0.2, 0) is 22.2 Å². The Morgan fingerprint density at radius 1 is 1.00 bits per heavy atom. The Balaban J connectivity index is 5.15. The fourth-order valence-corrected chi connectivity index (χ4v) is 14.4. The molecule has 0 aliphatic heterocycles. The lowest BCUT2D eigenvalue weighted by molar-refractivity contribution is -0.139. The van der Waals surface area contributed by atoms with Gasteiger partial charge in [0, 0.05) is 17.8 Å². The monoisotopic (exact) mass is 422 g/mol. The van der Waals surface area contributed by atoms with E-state index in [1.807, 2.05) is 0 Å². The molecule has 0 aromatic rings. The zero-order valence-corrected chi connectivity index (χ0v) is 21.8. The third-order valence-electron chi connectivity index (χ3n) is 2.77. The Bertz CT molecular complexity index is 425. The van der Waals surface area contributed by atoms with Gasteiger partial charge in [-0.1, -0.05) is 19.7 Å². The van der Waals surface area contributed by atoms with Gasteiger partial charge in [0.15, 0.2) is 16.6 Å². The molecule has 0 atom stereocenters. The van der Waals surface area contributed by atoms with E-state index in [2.05, 4.69) is 59.0 Å². The fraction of sp³-hybridized carbons (Fsp3) is 0.812. The molecule has 0 saturated carbocycles. The Labute approximate surface area is 159 Å². The Morgan fingerprint density at radius 2 is 1.48 bits per heavy atom. The van der Waals surface area contributed by atoms with Crippen molar-refractivity contribution in [3.63, 3.8) is 0 Å². The van der Waals surface area contributed by atoms with Crippen molar-refractivity contribution < 1.29 is 22.2 Å². The molecule has 0 spiro atoms. The van der Waals surface area contributed by atoms with Crippen LogP contribution in [0.1, 0.15) is 13.3 Å². The second-order valence-electron chi connectivity index (χ2n) is 8.84. The Kier molecular flexibility index (Phi) is 10.3. The molecule has 25 heavy (non-hydrogen) atoms. The number of rotatable bonds is 12. The highest BCUT2D eigenvalue weighted by molar-refractivity contribution is 6.85. The van der Waals surface area contributed by atoms with Crippen LogP contribution in [0.4, 0.5) is 0 Å². The Hall–Kier alpha value is -0.0425. The van der Waals surface area contributed by atoms with Gasteiger partial charge in [-0.05, 0) is 52.6 Å². The van der Waals surface area contributed by atoms with Crippen LogP contribution < -0.4 is 0 Å². The highest BCUT2D eigenvalue weighted by atomic mass is 28.5. The largest absolute Gasteiger partial charge is 0.479 e. The molecule has 0 aliphatic rings. The molecular weight excluding hydrogens is 385 g/mol. The van der Waals surface area contributed by atoms with E-state index in [-0.39, 0.29) is 5.97 Å². The number of esters is 1. The minimum atomic E-state index is -2.78. The summed E-state index contributed by atoms with van der Waals surface area (Å²) in [4.78, 5) is 11.6. The lowest BCUT2D eigenvalue weighted by atomic mass is 10.4. The third-order valence-corrected chi connectivity index (χ3v) is 12.9. The van der Waals surface area contributed by atoms with Gasteiger partial charge in [-0.15, -0.1) is 0 Å². The smallest absolute Gasteiger partial charge is 0.462 e. The van der Waals surface area contributed by atoms with Crippen molar-refractivity contribution >= 4 is 40.2 Å². The maximum Gasteiger partial charge on any atom is 0.479 e. The minimum Gasteiger partial charge on any atom is -0.462 e. The topological polar surface area (TPSA) is 54.0 Å². The van der Waals surface area contributed by atoms with E-state index < -0.39 is 34.2 Å². The highest BCUT2D eigenvalue weighted by Gasteiger charge is 2.47. The summed E-state index contributed by atoms with van der Waals surface area (Å²) in [5.41, 5.74) is 0.419. The number of carbonyl (C=O) groups excluding carboxylic acids is 1. The van der Waals surface area contributed by atoms with E-state index in [1.165, 1.54) is 0 Å². The van der Waals surface area contributed by atoms with Gasteiger partial charge in [0.1, 0.15) is 0 Å². The minimum absolute atomic E-state index is 0.340. The summed E-state index contributed by atoms with van der Waals surface area (Å²) in [5.74, 6) is -0.347. The van der Waals surface area contributed by atoms with E-state index in [4.69, 9.17) is 17.4 Å². The lowest BCUT2D eigenvalue weighted by Gasteiger charge is -2.39. The Morgan fingerprint density at radius 3 is 1.84 bits per heavy atom. The lowest BCUT2D eigenvalue weighted by Crippen LogP contribution is -2.57. The predicted octanol–water partition coefficient (Wildman–Crippen LogP) is 4.18. The van der Waals surface area contributed by atoms with Gasteiger partial charge in [-0.25, -0.2) is 4.79 Å². The van der Waals surface area contributed by atoms with Crippen LogP contribution in [0.5, 0.6) is 0 Å². The molecule has 0 bridgehead atoms. The first-order chi connectivity index (χ1) is 11.2. The zero-order chi connectivity index (χ0) is 19.9. The van der Waals surface area contributed by atoms with Crippen molar-refractivity contribution in [3.05, 3.63) is 12.2 Å². The molecule has 0 amide bonds. The maximum atomic E-state index is 11.6. The second-order valence-corrected chi connectivity index (χ2v) is 24.2. The van der Waals surface area contributed by atoms with Gasteiger partial charge >= 0.3 is 14.8 Å². The average Bonchev–Trinajstić information content (AvgIpc) is 2.37. The molecular formula is C16H38O5Si4. The molecule has 0 aromatic heterocycles. The average molecular weight is 423 g/mol. The van der Waals surface area contributed by atoms with Crippen LogP contribution in [0, 0.1) is 0 Å². The maximum absolute atomic E-state index is 11.6. The van der Waals surface area contributed by atoms with Gasteiger partial charge in [0.25, 0.3) is 0 Å². The molecule has 148 valence electrons. The summed E-state index contributed by atoms with van der Waals surface area (Å²) in [6, 6.07) is 0.687. The molecule has 0 N–H and O–H groups in total. The van der Waals surface area contributed by atoms with E-state index in [0.717, 1.165) is 6.23 Å². The highest BCUT2D eigenvalue weighted by Crippen LogP contribution is 2.27. The van der Waals surface area contributed by atoms with E-state index >= 15 is 0 Å². The molecule has 0 rings (SSSR count). The second kappa shape index (κ2) is 10.3. The quantitative estimate of drug-likeness (QED) is 0.204. The van der Waals surface area contributed by atoms with E-state index in [0.29, 0.717) is 24.6 Å². The molecule has 0 fully saturated rings. The van der Waals surface area contributed by atoms with Gasteiger partial charge in [0.05, 0.1) is 15.4 Å². The van der Waals surface area contributed by atoms with Crippen molar-refractivity contribution in [2.45, 2.75) is 71.8 Å². The van der Waals surface area contributed by atoms with Crippen molar-refractivity contribution in [2.75, 3.05) is 12.8 Å². The summed E-state index contributed by atoms with van der Waals surface area (Å²) < 4.78 is 24.7. The van der Waals surface area contributed by atoms with Crippen LogP contribution in [0.15, 0.2) is 12.2 Å². The zero-order valence-electron chi connectivity index (χ0n) is 17.7. The van der Waals surface area contributed by atoms with E-state index in [9.17, 15) is 4.79 Å². The number of hydrogen-bond donors (Lipinski definition) is 0. The predicted molar refractivity (Wildman–Crippen MR) is 115 cm³/mol. The van der Waals surface area contributed by atoms with Crippen molar-refractivity contribution in [3.8, 4) is 0 Å². The van der Waals surface area contributed by atoms with Crippen LogP contribution in [-0.4, -0.2) is 53.0 Å². The number of ether oxygens (including phenoxy) is 1. The van der Waals surface area contributed by atoms with Crippen LogP contribution in [0.2, 0.25) is 58.4 Å². The first-order valence-electron chi connectivity index (χ1n) is 9.03. The standard InChI is InChI=1S/C16H38O5Si4/c1-15(2)16(17)18-12-11-13-25(19-14-22(3)4,20-23(5,6)7)21-24(8,9)10/h22H,1,11-14H2,2-10H3. The summed E-state index contributed by atoms with van der Waals surface area (Å²) in [6.45, 7) is 23.1. The molecule has 0 aromatic carbocycles. The molecule has 0 unspecified atom stereocenters. The molecule has 0 heterocycles. The first-order valence-corrected chi connectivity index (χ1v) is 20.9. The molecule has 0 aliphatic carbocycles. The van der Waals surface area contributed by atoms with Crippen LogP contribution >= 0.6 is 0 Å². The summed E-state index contributed by atoms with van der Waals surface area (Å²) in [6.07, 6.45) is 1.44. The number of carbonyl (C=O) groups is 1. The normalized spacial score (nSPS) is 13.2. The van der Waals surface area contributed by atoms with Gasteiger partial charge in [-0.2, -0.15) is 0 Å². The summed E-state index contributed by atoms with van der Waals surface area (Å²) in [5, 5.41) is 0.